The maximum atomic E-state index is 11.2. The van der Waals surface area contributed by atoms with E-state index in [4.69, 9.17) is 0 Å². The zero-order valence-electron chi connectivity index (χ0n) is 9.52. The Hall–Kier alpha value is -1.49. The van der Waals surface area contributed by atoms with Crippen molar-refractivity contribution >= 4 is 5.97 Å². The van der Waals surface area contributed by atoms with Gasteiger partial charge in [-0.25, -0.2) is 14.8 Å². The van der Waals surface area contributed by atoms with Crippen molar-refractivity contribution in [3.05, 3.63) is 23.8 Å². The Labute approximate surface area is 99.3 Å². The molecule has 17 heavy (non-hydrogen) atoms. The Morgan fingerprint density at radius 3 is 3.29 bits per heavy atom. The summed E-state index contributed by atoms with van der Waals surface area (Å²) in [7, 11) is 0. The van der Waals surface area contributed by atoms with Crippen LogP contribution in [0.2, 0.25) is 0 Å². The van der Waals surface area contributed by atoms with Crippen LogP contribution in [0.4, 0.5) is 0 Å². The third-order valence-electron chi connectivity index (χ3n) is 4.05. The van der Waals surface area contributed by atoms with Crippen molar-refractivity contribution in [2.75, 3.05) is 13.1 Å². The number of hydrogen-bond acceptors (Lipinski definition) is 4. The van der Waals surface area contributed by atoms with Crippen molar-refractivity contribution in [1.29, 1.82) is 0 Å². The topological polar surface area (TPSA) is 75.1 Å². The zero-order chi connectivity index (χ0) is 11.9. The van der Waals surface area contributed by atoms with Crippen LogP contribution in [0.25, 0.3) is 0 Å². The molecule has 0 spiro atoms. The highest BCUT2D eigenvalue weighted by molar-refractivity contribution is 5.88. The number of carboxylic acid groups (broad SMARTS) is 1. The van der Waals surface area contributed by atoms with Crippen LogP contribution in [-0.2, 0) is 5.41 Å². The van der Waals surface area contributed by atoms with Gasteiger partial charge in [0.05, 0.1) is 11.3 Å². The van der Waals surface area contributed by atoms with Gasteiger partial charge in [0.25, 0.3) is 0 Å². The first-order valence-corrected chi connectivity index (χ1v) is 5.96. The summed E-state index contributed by atoms with van der Waals surface area (Å²) in [6.45, 7) is 1.88. The molecular formula is C12H15N3O2. The molecule has 0 radical (unpaired) electrons. The van der Waals surface area contributed by atoms with Crippen LogP contribution in [0.15, 0.2) is 12.5 Å². The van der Waals surface area contributed by atoms with E-state index in [0.717, 1.165) is 38.0 Å². The van der Waals surface area contributed by atoms with E-state index in [1.807, 2.05) is 0 Å². The van der Waals surface area contributed by atoms with Crippen LogP contribution in [0.3, 0.4) is 0 Å². The average Bonchev–Trinajstić information content (AvgIpc) is 2.66. The average molecular weight is 233 g/mol. The van der Waals surface area contributed by atoms with Gasteiger partial charge in [0, 0.05) is 18.2 Å². The van der Waals surface area contributed by atoms with Gasteiger partial charge >= 0.3 is 5.97 Å². The van der Waals surface area contributed by atoms with Gasteiger partial charge in [-0.05, 0) is 31.7 Å². The van der Waals surface area contributed by atoms with Crippen LogP contribution < -0.4 is 5.32 Å². The molecule has 5 heteroatoms. The van der Waals surface area contributed by atoms with Gasteiger partial charge in [-0.2, -0.15) is 0 Å². The first kappa shape index (κ1) is 10.7. The van der Waals surface area contributed by atoms with Crippen molar-refractivity contribution in [2.45, 2.75) is 24.7 Å². The SMILES string of the molecule is O=C(O)c1cncnc1C12CCC(CNC1)C2. The first-order chi connectivity index (χ1) is 8.21. The second-order valence-corrected chi connectivity index (χ2v) is 5.11. The number of carbonyl (C=O) groups is 1. The molecular weight excluding hydrogens is 218 g/mol. The Balaban J connectivity index is 2.06. The molecule has 2 bridgehead atoms. The third kappa shape index (κ3) is 1.61. The Morgan fingerprint density at radius 2 is 2.47 bits per heavy atom. The van der Waals surface area contributed by atoms with Crippen molar-refractivity contribution in [1.82, 2.24) is 15.3 Å². The lowest BCUT2D eigenvalue weighted by atomic mass is 9.78. The number of aromatic carboxylic acids is 1. The van der Waals surface area contributed by atoms with E-state index in [-0.39, 0.29) is 11.0 Å². The van der Waals surface area contributed by atoms with Gasteiger partial charge in [-0.1, -0.05) is 0 Å². The van der Waals surface area contributed by atoms with Gasteiger partial charge in [-0.15, -0.1) is 0 Å². The van der Waals surface area contributed by atoms with Crippen molar-refractivity contribution < 1.29 is 9.90 Å². The fraction of sp³-hybridized carbons (Fsp3) is 0.583. The van der Waals surface area contributed by atoms with E-state index >= 15 is 0 Å². The summed E-state index contributed by atoms with van der Waals surface area (Å²) >= 11 is 0. The van der Waals surface area contributed by atoms with E-state index in [1.54, 1.807) is 0 Å². The molecule has 3 rings (SSSR count). The first-order valence-electron chi connectivity index (χ1n) is 5.96. The lowest BCUT2D eigenvalue weighted by Crippen LogP contribution is -2.43. The molecule has 2 atom stereocenters. The van der Waals surface area contributed by atoms with E-state index in [0.29, 0.717) is 5.92 Å². The summed E-state index contributed by atoms with van der Waals surface area (Å²) in [5.74, 6) is -0.260. The summed E-state index contributed by atoms with van der Waals surface area (Å²) < 4.78 is 0. The maximum Gasteiger partial charge on any atom is 0.339 e. The minimum absolute atomic E-state index is 0.0837. The lowest BCUT2D eigenvalue weighted by Gasteiger charge is -2.33. The van der Waals surface area contributed by atoms with E-state index in [2.05, 4.69) is 15.3 Å². The van der Waals surface area contributed by atoms with Crippen LogP contribution in [-0.4, -0.2) is 34.1 Å². The second-order valence-electron chi connectivity index (χ2n) is 5.11. The number of hydrogen-bond donors (Lipinski definition) is 2. The predicted molar refractivity (Wildman–Crippen MR) is 60.9 cm³/mol. The van der Waals surface area contributed by atoms with Crippen molar-refractivity contribution in [3.8, 4) is 0 Å². The highest BCUT2D eigenvalue weighted by Crippen LogP contribution is 2.45. The largest absolute Gasteiger partial charge is 0.478 e. The molecule has 2 unspecified atom stereocenters. The molecule has 1 saturated heterocycles. The number of fused-ring (bicyclic) bond motifs is 2. The smallest absolute Gasteiger partial charge is 0.339 e. The maximum absolute atomic E-state index is 11.2. The molecule has 2 heterocycles. The van der Waals surface area contributed by atoms with Gasteiger partial charge in [-0.3, -0.25) is 0 Å². The summed E-state index contributed by atoms with van der Waals surface area (Å²) in [6, 6.07) is 0. The third-order valence-corrected chi connectivity index (χ3v) is 4.05. The molecule has 0 aromatic carbocycles. The Bertz CT molecular complexity index is 459. The molecule has 90 valence electrons. The predicted octanol–water partition coefficient (Wildman–Crippen LogP) is 0.816. The van der Waals surface area contributed by atoms with Crippen molar-refractivity contribution in [3.63, 3.8) is 0 Å². The zero-order valence-corrected chi connectivity index (χ0v) is 9.52. The minimum Gasteiger partial charge on any atom is -0.478 e. The normalized spacial score (nSPS) is 31.4. The molecule has 2 N–H and O–H groups in total. The van der Waals surface area contributed by atoms with E-state index in [1.165, 1.54) is 12.5 Å². The Kier molecular flexibility index (Phi) is 2.36. The standard InChI is InChI=1S/C12H15N3O2/c16-11(17)9-5-14-7-15-10(9)12-2-1-8(3-12)4-13-6-12/h5,7-8,13H,1-4,6H2,(H,16,17). The van der Waals surface area contributed by atoms with Gasteiger partial charge in [0.2, 0.25) is 0 Å². The molecule has 1 saturated carbocycles. The number of carboxylic acids is 1. The fourth-order valence-electron chi connectivity index (χ4n) is 3.30. The molecule has 1 aliphatic heterocycles. The summed E-state index contributed by atoms with van der Waals surface area (Å²) in [4.78, 5) is 19.3. The molecule has 1 aromatic heterocycles. The number of piperidine rings is 1. The van der Waals surface area contributed by atoms with Gasteiger partial charge in [0.1, 0.15) is 6.33 Å². The summed E-state index contributed by atoms with van der Waals surface area (Å²) in [6.07, 6.45) is 6.12. The van der Waals surface area contributed by atoms with Crippen LogP contribution in [0.5, 0.6) is 0 Å². The molecule has 2 fully saturated rings. The summed E-state index contributed by atoms with van der Waals surface area (Å²) in [5.41, 5.74) is 0.895. The highest BCUT2D eigenvalue weighted by atomic mass is 16.4. The monoisotopic (exact) mass is 233 g/mol. The quantitative estimate of drug-likeness (QED) is 0.790. The van der Waals surface area contributed by atoms with Crippen LogP contribution >= 0.6 is 0 Å². The molecule has 1 aromatic rings. The van der Waals surface area contributed by atoms with Gasteiger partial charge in [0.15, 0.2) is 0 Å². The second kappa shape index (κ2) is 3.77. The Morgan fingerprint density at radius 1 is 1.59 bits per heavy atom. The van der Waals surface area contributed by atoms with Crippen LogP contribution in [0, 0.1) is 5.92 Å². The molecule has 0 amide bonds. The number of rotatable bonds is 2. The van der Waals surface area contributed by atoms with E-state index in [9.17, 15) is 9.90 Å². The number of nitrogens with one attached hydrogen (secondary N) is 1. The highest BCUT2D eigenvalue weighted by Gasteiger charge is 2.46. The van der Waals surface area contributed by atoms with E-state index < -0.39 is 5.97 Å². The van der Waals surface area contributed by atoms with Crippen LogP contribution in [0.1, 0.15) is 35.3 Å². The number of aromatic nitrogens is 2. The fourth-order valence-corrected chi connectivity index (χ4v) is 3.30. The molecule has 1 aliphatic carbocycles. The summed E-state index contributed by atoms with van der Waals surface area (Å²) in [5, 5.41) is 12.6. The molecule has 5 nitrogen and oxygen atoms in total. The molecule has 2 aliphatic rings. The number of nitrogens with zero attached hydrogens (tertiary/aromatic N) is 2. The van der Waals surface area contributed by atoms with Gasteiger partial charge < -0.3 is 10.4 Å². The minimum atomic E-state index is -0.927. The van der Waals surface area contributed by atoms with Crippen molar-refractivity contribution in [2.24, 2.45) is 5.92 Å². The lowest BCUT2D eigenvalue weighted by molar-refractivity contribution is 0.0691.